The molecule has 0 bridgehead atoms. The molecule has 0 radical (unpaired) electrons. The standard InChI is InChI=1S/C12H22N6O2/c1-8(2)20-12-16-10(15-11(17-12)18-13)14-7-9-5-3-4-6-19-9/h8-9H,3-7,13H2,1-2H3,(H2,14,15,16,17,18). The fourth-order valence-corrected chi connectivity index (χ4v) is 1.94. The molecule has 1 aromatic rings. The van der Waals surface area contributed by atoms with Gasteiger partial charge in [-0.25, -0.2) is 5.84 Å². The van der Waals surface area contributed by atoms with E-state index in [1.165, 1.54) is 6.42 Å². The summed E-state index contributed by atoms with van der Waals surface area (Å²) in [6.45, 7) is 5.29. The zero-order chi connectivity index (χ0) is 14.4. The van der Waals surface area contributed by atoms with Crippen LogP contribution in [-0.2, 0) is 4.74 Å². The summed E-state index contributed by atoms with van der Waals surface area (Å²) in [6, 6.07) is 0.245. The average molecular weight is 282 g/mol. The molecule has 0 aliphatic carbocycles. The SMILES string of the molecule is CC(C)Oc1nc(NN)nc(NCC2CCCCO2)n1. The lowest BCUT2D eigenvalue weighted by Crippen LogP contribution is -2.28. The van der Waals surface area contributed by atoms with Crippen LogP contribution in [0.4, 0.5) is 11.9 Å². The molecule has 1 aliphatic heterocycles. The van der Waals surface area contributed by atoms with Gasteiger partial charge in [0, 0.05) is 13.2 Å². The van der Waals surface area contributed by atoms with E-state index in [4.69, 9.17) is 15.3 Å². The van der Waals surface area contributed by atoms with Crippen LogP contribution in [0.5, 0.6) is 6.01 Å². The molecule has 1 atom stereocenters. The molecule has 4 N–H and O–H groups in total. The topological polar surface area (TPSA) is 107 Å². The van der Waals surface area contributed by atoms with Gasteiger partial charge in [0.15, 0.2) is 0 Å². The number of hydrogen-bond acceptors (Lipinski definition) is 8. The molecule has 1 aromatic heterocycles. The van der Waals surface area contributed by atoms with Crippen molar-refractivity contribution in [3.8, 4) is 6.01 Å². The Morgan fingerprint density at radius 1 is 1.30 bits per heavy atom. The van der Waals surface area contributed by atoms with Crippen LogP contribution in [0.15, 0.2) is 0 Å². The number of anilines is 2. The third-order valence-corrected chi connectivity index (χ3v) is 2.85. The highest BCUT2D eigenvalue weighted by molar-refractivity contribution is 5.35. The summed E-state index contributed by atoms with van der Waals surface area (Å²) in [5.41, 5.74) is 2.41. The summed E-state index contributed by atoms with van der Waals surface area (Å²) >= 11 is 0. The first-order valence-corrected chi connectivity index (χ1v) is 6.92. The number of nitrogens with two attached hydrogens (primary N) is 1. The highest BCUT2D eigenvalue weighted by Gasteiger charge is 2.15. The molecule has 0 amide bonds. The Kier molecular flexibility index (Phi) is 5.31. The van der Waals surface area contributed by atoms with Crippen molar-refractivity contribution < 1.29 is 9.47 Å². The van der Waals surface area contributed by atoms with Gasteiger partial charge in [0.1, 0.15) is 0 Å². The lowest BCUT2D eigenvalue weighted by Gasteiger charge is -2.22. The Hall–Kier alpha value is -1.67. The van der Waals surface area contributed by atoms with Gasteiger partial charge in [-0.15, -0.1) is 0 Å². The molecule has 8 heteroatoms. The normalized spacial score (nSPS) is 18.9. The van der Waals surface area contributed by atoms with E-state index >= 15 is 0 Å². The summed E-state index contributed by atoms with van der Waals surface area (Å²) in [4.78, 5) is 12.4. The van der Waals surface area contributed by atoms with E-state index in [9.17, 15) is 0 Å². The third-order valence-electron chi connectivity index (χ3n) is 2.85. The third kappa shape index (κ3) is 4.46. The molecular weight excluding hydrogens is 260 g/mol. The molecule has 1 aliphatic rings. The summed E-state index contributed by atoms with van der Waals surface area (Å²) in [6.07, 6.45) is 3.56. The van der Waals surface area contributed by atoms with Crippen molar-refractivity contribution in [1.29, 1.82) is 0 Å². The van der Waals surface area contributed by atoms with Gasteiger partial charge >= 0.3 is 6.01 Å². The zero-order valence-corrected chi connectivity index (χ0v) is 11.9. The monoisotopic (exact) mass is 282 g/mol. The largest absolute Gasteiger partial charge is 0.461 e. The molecule has 1 saturated heterocycles. The molecule has 20 heavy (non-hydrogen) atoms. The first kappa shape index (κ1) is 14.7. The molecule has 0 saturated carbocycles. The minimum Gasteiger partial charge on any atom is -0.461 e. The molecule has 1 unspecified atom stereocenters. The molecule has 8 nitrogen and oxygen atoms in total. The first-order valence-electron chi connectivity index (χ1n) is 6.92. The maximum absolute atomic E-state index is 5.65. The molecule has 2 rings (SSSR count). The van der Waals surface area contributed by atoms with E-state index in [0.29, 0.717) is 12.5 Å². The Morgan fingerprint density at radius 3 is 2.75 bits per heavy atom. The highest BCUT2D eigenvalue weighted by Crippen LogP contribution is 2.15. The van der Waals surface area contributed by atoms with Crippen LogP contribution in [0.1, 0.15) is 33.1 Å². The minimum atomic E-state index is -0.0162. The molecule has 0 spiro atoms. The van der Waals surface area contributed by atoms with Gasteiger partial charge in [-0.3, -0.25) is 5.43 Å². The molecule has 1 fully saturated rings. The minimum absolute atomic E-state index is 0.0162. The van der Waals surface area contributed by atoms with Crippen molar-refractivity contribution in [2.24, 2.45) is 5.84 Å². The van der Waals surface area contributed by atoms with Crippen molar-refractivity contribution in [2.45, 2.75) is 45.3 Å². The number of hydrazine groups is 1. The summed E-state index contributed by atoms with van der Waals surface area (Å²) in [5, 5.41) is 3.14. The van der Waals surface area contributed by atoms with Gasteiger partial charge in [0.2, 0.25) is 11.9 Å². The fraction of sp³-hybridized carbons (Fsp3) is 0.750. The Morgan fingerprint density at radius 2 is 2.10 bits per heavy atom. The summed E-state index contributed by atoms with van der Waals surface area (Å²) in [7, 11) is 0. The second-order valence-corrected chi connectivity index (χ2v) is 4.95. The van der Waals surface area contributed by atoms with Crippen LogP contribution in [0.25, 0.3) is 0 Å². The Bertz CT molecular complexity index is 422. The van der Waals surface area contributed by atoms with Gasteiger partial charge in [0.25, 0.3) is 0 Å². The van der Waals surface area contributed by atoms with Gasteiger partial charge in [-0.2, -0.15) is 15.0 Å². The predicted molar refractivity (Wildman–Crippen MR) is 75.5 cm³/mol. The second-order valence-electron chi connectivity index (χ2n) is 4.95. The Balaban J connectivity index is 1.98. The predicted octanol–water partition coefficient (Wildman–Crippen LogP) is 0.925. The average Bonchev–Trinajstić information content (AvgIpc) is 2.45. The van der Waals surface area contributed by atoms with E-state index in [-0.39, 0.29) is 24.2 Å². The van der Waals surface area contributed by atoms with Crippen LogP contribution in [-0.4, -0.2) is 40.3 Å². The van der Waals surface area contributed by atoms with Crippen molar-refractivity contribution in [1.82, 2.24) is 15.0 Å². The van der Waals surface area contributed by atoms with Crippen LogP contribution in [0, 0.1) is 0 Å². The van der Waals surface area contributed by atoms with E-state index in [1.807, 2.05) is 13.8 Å². The van der Waals surface area contributed by atoms with Crippen LogP contribution in [0.3, 0.4) is 0 Å². The Labute approximate surface area is 118 Å². The maximum atomic E-state index is 5.65. The van der Waals surface area contributed by atoms with Crippen molar-refractivity contribution in [2.75, 3.05) is 23.9 Å². The number of rotatable bonds is 6. The quantitative estimate of drug-likeness (QED) is 0.522. The number of ether oxygens (including phenoxy) is 2. The number of hydrogen-bond donors (Lipinski definition) is 3. The number of aromatic nitrogens is 3. The van der Waals surface area contributed by atoms with E-state index < -0.39 is 0 Å². The second kappa shape index (κ2) is 7.20. The summed E-state index contributed by atoms with van der Waals surface area (Å²) < 4.78 is 11.1. The van der Waals surface area contributed by atoms with Crippen LogP contribution < -0.4 is 21.3 Å². The van der Waals surface area contributed by atoms with Crippen LogP contribution >= 0.6 is 0 Å². The first-order chi connectivity index (χ1) is 9.67. The van der Waals surface area contributed by atoms with Crippen molar-refractivity contribution in [3.63, 3.8) is 0 Å². The van der Waals surface area contributed by atoms with Gasteiger partial charge in [-0.05, 0) is 33.1 Å². The lowest BCUT2D eigenvalue weighted by atomic mass is 10.1. The van der Waals surface area contributed by atoms with E-state index in [2.05, 4.69) is 25.7 Å². The van der Waals surface area contributed by atoms with E-state index in [0.717, 1.165) is 19.4 Å². The fourth-order valence-electron chi connectivity index (χ4n) is 1.94. The highest BCUT2D eigenvalue weighted by atomic mass is 16.5. The van der Waals surface area contributed by atoms with Crippen molar-refractivity contribution >= 4 is 11.9 Å². The lowest BCUT2D eigenvalue weighted by molar-refractivity contribution is 0.0246. The molecule has 0 aromatic carbocycles. The van der Waals surface area contributed by atoms with E-state index in [1.54, 1.807) is 0 Å². The number of nitrogens with one attached hydrogen (secondary N) is 2. The molecule has 2 heterocycles. The number of nitrogen functional groups attached to an aromatic ring is 1. The molecular formula is C12H22N6O2. The number of nitrogens with zero attached hydrogens (tertiary/aromatic N) is 3. The van der Waals surface area contributed by atoms with Crippen LogP contribution in [0.2, 0.25) is 0 Å². The van der Waals surface area contributed by atoms with Crippen molar-refractivity contribution in [3.05, 3.63) is 0 Å². The van der Waals surface area contributed by atoms with Gasteiger partial charge in [0.05, 0.1) is 12.2 Å². The zero-order valence-electron chi connectivity index (χ0n) is 11.9. The smallest absolute Gasteiger partial charge is 0.323 e. The molecule has 112 valence electrons. The maximum Gasteiger partial charge on any atom is 0.323 e. The van der Waals surface area contributed by atoms with Gasteiger partial charge < -0.3 is 14.8 Å². The summed E-state index contributed by atoms with van der Waals surface area (Å²) in [5.74, 6) is 6.04. The van der Waals surface area contributed by atoms with Gasteiger partial charge in [-0.1, -0.05) is 0 Å².